The number of likely N-dealkylation sites (tertiary alicyclic amines) is 1. The Labute approximate surface area is 74.9 Å². The van der Waals surface area contributed by atoms with Gasteiger partial charge in [0, 0.05) is 19.5 Å². The molecule has 0 aliphatic carbocycles. The minimum Gasteiger partial charge on any atom is -0.340 e. The van der Waals surface area contributed by atoms with Crippen molar-refractivity contribution in [2.75, 3.05) is 6.54 Å². The van der Waals surface area contributed by atoms with Crippen LogP contribution >= 0.6 is 0 Å². The van der Waals surface area contributed by atoms with Gasteiger partial charge < -0.3 is 4.90 Å². The smallest absolute Gasteiger partial charge is 0.219 e. The fourth-order valence-electron chi connectivity index (χ4n) is 1.87. The Balaban J connectivity index is 2.66. The third-order valence-corrected chi connectivity index (χ3v) is 2.77. The van der Waals surface area contributed by atoms with E-state index < -0.39 is 0 Å². The summed E-state index contributed by atoms with van der Waals surface area (Å²) >= 11 is 0. The summed E-state index contributed by atoms with van der Waals surface area (Å²) in [6, 6.07) is 0.440. The first kappa shape index (κ1) is 9.56. The molecule has 0 aromatic carbocycles. The summed E-state index contributed by atoms with van der Waals surface area (Å²) in [5.74, 6) is 0.218. The van der Waals surface area contributed by atoms with Gasteiger partial charge in [-0.2, -0.15) is 0 Å². The number of nitrogens with zero attached hydrogens (tertiary/aromatic N) is 1. The maximum Gasteiger partial charge on any atom is 0.219 e. The highest BCUT2D eigenvalue weighted by atomic mass is 16.2. The number of carbonyl (C=O) groups is 1. The molecule has 1 aliphatic heterocycles. The summed E-state index contributed by atoms with van der Waals surface area (Å²) in [5, 5.41) is 0. The lowest BCUT2D eigenvalue weighted by atomic mass is 9.81. The SMILES string of the molecule is CC(=O)N1CC(C)(C)CCC1C. The van der Waals surface area contributed by atoms with Crippen LogP contribution < -0.4 is 0 Å². The number of rotatable bonds is 0. The average Bonchev–Trinajstić information content (AvgIpc) is 1.94. The zero-order valence-electron chi connectivity index (χ0n) is 8.55. The number of amides is 1. The summed E-state index contributed by atoms with van der Waals surface area (Å²) in [6.45, 7) is 9.18. The van der Waals surface area contributed by atoms with Crippen molar-refractivity contribution in [3.05, 3.63) is 0 Å². The lowest BCUT2D eigenvalue weighted by Gasteiger charge is -2.42. The van der Waals surface area contributed by atoms with Crippen LogP contribution in [0.5, 0.6) is 0 Å². The van der Waals surface area contributed by atoms with Crippen molar-refractivity contribution >= 4 is 5.91 Å². The zero-order chi connectivity index (χ0) is 9.35. The van der Waals surface area contributed by atoms with E-state index in [-0.39, 0.29) is 5.91 Å². The van der Waals surface area contributed by atoms with E-state index in [2.05, 4.69) is 20.8 Å². The standard InChI is InChI=1S/C10H19NO/c1-8-5-6-10(3,4)7-11(8)9(2)12/h8H,5-7H2,1-4H3. The first-order valence-corrected chi connectivity index (χ1v) is 4.69. The quantitative estimate of drug-likeness (QED) is 0.543. The minimum atomic E-state index is 0.218. The molecule has 12 heavy (non-hydrogen) atoms. The topological polar surface area (TPSA) is 20.3 Å². The molecule has 0 aromatic rings. The maximum absolute atomic E-state index is 11.2. The van der Waals surface area contributed by atoms with E-state index in [4.69, 9.17) is 0 Å². The van der Waals surface area contributed by atoms with Gasteiger partial charge in [0.25, 0.3) is 0 Å². The van der Waals surface area contributed by atoms with Gasteiger partial charge >= 0.3 is 0 Å². The number of hydrogen-bond acceptors (Lipinski definition) is 1. The van der Waals surface area contributed by atoms with Crippen LogP contribution in [0.15, 0.2) is 0 Å². The summed E-state index contributed by atoms with van der Waals surface area (Å²) in [5.41, 5.74) is 0.318. The Morgan fingerprint density at radius 2 is 2.08 bits per heavy atom. The molecule has 2 heteroatoms. The molecular formula is C10H19NO. The molecule has 70 valence electrons. The minimum absolute atomic E-state index is 0.218. The molecule has 0 bridgehead atoms. The third-order valence-electron chi connectivity index (χ3n) is 2.77. The molecule has 1 saturated heterocycles. The number of piperidine rings is 1. The molecule has 0 spiro atoms. The fourth-order valence-corrected chi connectivity index (χ4v) is 1.87. The third kappa shape index (κ3) is 1.99. The Morgan fingerprint density at radius 3 is 2.50 bits per heavy atom. The van der Waals surface area contributed by atoms with E-state index in [0.29, 0.717) is 11.5 Å². The van der Waals surface area contributed by atoms with Crippen LogP contribution in [0.2, 0.25) is 0 Å². The number of carbonyl (C=O) groups excluding carboxylic acids is 1. The molecule has 0 aromatic heterocycles. The van der Waals surface area contributed by atoms with Crippen molar-refractivity contribution in [1.82, 2.24) is 4.90 Å². The van der Waals surface area contributed by atoms with Gasteiger partial charge in [0.2, 0.25) is 5.91 Å². The highest BCUT2D eigenvalue weighted by molar-refractivity contribution is 5.73. The molecule has 0 radical (unpaired) electrons. The van der Waals surface area contributed by atoms with Gasteiger partial charge in [-0.3, -0.25) is 4.79 Å². The Kier molecular flexibility index (Phi) is 2.45. The lowest BCUT2D eigenvalue weighted by Crippen LogP contribution is -2.47. The van der Waals surface area contributed by atoms with E-state index >= 15 is 0 Å². The van der Waals surface area contributed by atoms with Crippen molar-refractivity contribution in [2.24, 2.45) is 5.41 Å². The van der Waals surface area contributed by atoms with Crippen molar-refractivity contribution in [2.45, 2.75) is 46.6 Å². The summed E-state index contributed by atoms with van der Waals surface area (Å²) in [7, 11) is 0. The maximum atomic E-state index is 11.2. The second-order valence-corrected chi connectivity index (χ2v) is 4.70. The summed E-state index contributed by atoms with van der Waals surface area (Å²) in [4.78, 5) is 13.2. The summed E-state index contributed by atoms with van der Waals surface area (Å²) < 4.78 is 0. The second kappa shape index (κ2) is 3.08. The lowest BCUT2D eigenvalue weighted by molar-refractivity contribution is -0.134. The largest absolute Gasteiger partial charge is 0.340 e. The van der Waals surface area contributed by atoms with Crippen LogP contribution in [-0.4, -0.2) is 23.4 Å². The van der Waals surface area contributed by atoms with Crippen LogP contribution in [-0.2, 0) is 4.79 Å². The van der Waals surface area contributed by atoms with Gasteiger partial charge in [-0.15, -0.1) is 0 Å². The Bertz CT molecular complexity index is 186. The molecule has 2 nitrogen and oxygen atoms in total. The van der Waals surface area contributed by atoms with E-state index in [0.717, 1.165) is 13.0 Å². The molecule has 1 amide bonds. The van der Waals surface area contributed by atoms with Crippen LogP contribution in [0.25, 0.3) is 0 Å². The summed E-state index contributed by atoms with van der Waals surface area (Å²) in [6.07, 6.45) is 2.38. The fraction of sp³-hybridized carbons (Fsp3) is 0.900. The van der Waals surface area contributed by atoms with Crippen LogP contribution in [0.3, 0.4) is 0 Å². The molecule has 1 fully saturated rings. The van der Waals surface area contributed by atoms with Crippen LogP contribution in [0, 0.1) is 5.41 Å². The van der Waals surface area contributed by atoms with Crippen molar-refractivity contribution in [3.63, 3.8) is 0 Å². The van der Waals surface area contributed by atoms with E-state index in [9.17, 15) is 4.79 Å². The molecule has 0 N–H and O–H groups in total. The van der Waals surface area contributed by atoms with E-state index in [1.807, 2.05) is 4.90 Å². The van der Waals surface area contributed by atoms with Gasteiger partial charge in [-0.25, -0.2) is 0 Å². The molecule has 0 saturated carbocycles. The Hall–Kier alpha value is -0.530. The van der Waals surface area contributed by atoms with E-state index in [1.165, 1.54) is 6.42 Å². The van der Waals surface area contributed by atoms with Crippen molar-refractivity contribution < 1.29 is 4.79 Å². The molecule has 1 aliphatic rings. The average molecular weight is 169 g/mol. The predicted octanol–water partition coefficient (Wildman–Crippen LogP) is 2.04. The van der Waals surface area contributed by atoms with Gasteiger partial charge in [0.05, 0.1) is 0 Å². The predicted molar refractivity (Wildman–Crippen MR) is 49.9 cm³/mol. The van der Waals surface area contributed by atoms with Gasteiger partial charge in [0.1, 0.15) is 0 Å². The molecule has 1 rings (SSSR count). The van der Waals surface area contributed by atoms with Crippen LogP contribution in [0.4, 0.5) is 0 Å². The first-order valence-electron chi connectivity index (χ1n) is 4.69. The monoisotopic (exact) mass is 169 g/mol. The van der Waals surface area contributed by atoms with Crippen molar-refractivity contribution in [3.8, 4) is 0 Å². The highest BCUT2D eigenvalue weighted by Gasteiger charge is 2.31. The van der Waals surface area contributed by atoms with Crippen LogP contribution in [0.1, 0.15) is 40.5 Å². The normalized spacial score (nSPS) is 28.7. The molecule has 1 atom stereocenters. The number of hydrogen-bond donors (Lipinski definition) is 0. The molecule has 1 heterocycles. The highest BCUT2D eigenvalue weighted by Crippen LogP contribution is 2.31. The van der Waals surface area contributed by atoms with Crippen molar-refractivity contribution in [1.29, 1.82) is 0 Å². The second-order valence-electron chi connectivity index (χ2n) is 4.70. The molecular weight excluding hydrogens is 150 g/mol. The van der Waals surface area contributed by atoms with Gasteiger partial charge in [0.15, 0.2) is 0 Å². The van der Waals surface area contributed by atoms with E-state index in [1.54, 1.807) is 6.92 Å². The van der Waals surface area contributed by atoms with Gasteiger partial charge in [-0.1, -0.05) is 13.8 Å². The first-order chi connectivity index (χ1) is 5.42. The Morgan fingerprint density at radius 1 is 1.50 bits per heavy atom. The zero-order valence-corrected chi connectivity index (χ0v) is 8.55. The van der Waals surface area contributed by atoms with Gasteiger partial charge in [-0.05, 0) is 25.2 Å². The molecule has 1 unspecified atom stereocenters.